The number of rotatable bonds is 5. The fraction of sp³-hybridized carbons (Fsp3) is 0.500. The van der Waals surface area contributed by atoms with Gasteiger partial charge in [0.15, 0.2) is 9.84 Å². The van der Waals surface area contributed by atoms with Crippen molar-refractivity contribution in [3.05, 3.63) is 45.9 Å². The van der Waals surface area contributed by atoms with Crippen LogP contribution in [0.4, 0.5) is 0 Å². The van der Waals surface area contributed by atoms with Crippen molar-refractivity contribution in [2.45, 2.75) is 43.4 Å². The van der Waals surface area contributed by atoms with Crippen molar-refractivity contribution in [3.8, 4) is 16.9 Å². The number of ether oxygens (including phenoxy) is 1. The van der Waals surface area contributed by atoms with Crippen LogP contribution in [0.3, 0.4) is 0 Å². The van der Waals surface area contributed by atoms with Gasteiger partial charge in [0.05, 0.1) is 11.5 Å². The largest absolute Gasteiger partial charge is 0.493 e. The van der Waals surface area contributed by atoms with Crippen LogP contribution in [0, 0.1) is 11.3 Å². The van der Waals surface area contributed by atoms with Gasteiger partial charge in [-0.05, 0) is 73.6 Å². The van der Waals surface area contributed by atoms with Crippen LogP contribution in [0.25, 0.3) is 11.1 Å². The summed E-state index contributed by atoms with van der Waals surface area (Å²) in [5.41, 5.74) is 4.04. The standard InChI is InChI=1S/C22H25NO4S/c1-23-12-19(17-10-22(7-8-22)11-18(17)21(23)24)16-9-15(28(2,25)26)5-6-20(16)27-13-14-3-4-14/h5-6,9,12,14H,3-4,7-8,10-11,13H2,1-2H3. The van der Waals surface area contributed by atoms with Crippen LogP contribution in [-0.4, -0.2) is 25.8 Å². The highest BCUT2D eigenvalue weighted by atomic mass is 32.2. The highest BCUT2D eigenvalue weighted by Gasteiger charge is 2.49. The smallest absolute Gasteiger partial charge is 0.253 e. The maximum atomic E-state index is 12.7. The first-order valence-corrected chi connectivity index (χ1v) is 11.8. The van der Waals surface area contributed by atoms with Crippen molar-refractivity contribution in [1.82, 2.24) is 4.57 Å². The van der Waals surface area contributed by atoms with Gasteiger partial charge in [-0.3, -0.25) is 4.79 Å². The second kappa shape index (κ2) is 5.96. The summed E-state index contributed by atoms with van der Waals surface area (Å²) in [6, 6.07) is 5.11. The van der Waals surface area contributed by atoms with Crippen LogP contribution in [0.2, 0.25) is 0 Å². The van der Waals surface area contributed by atoms with Gasteiger partial charge in [0, 0.05) is 36.2 Å². The molecule has 148 valence electrons. The zero-order valence-corrected chi connectivity index (χ0v) is 17.1. The highest BCUT2D eigenvalue weighted by Crippen LogP contribution is 2.56. The summed E-state index contributed by atoms with van der Waals surface area (Å²) in [6.07, 6.45) is 9.53. The highest BCUT2D eigenvalue weighted by molar-refractivity contribution is 7.90. The molecule has 0 amide bonds. The Morgan fingerprint density at radius 2 is 1.86 bits per heavy atom. The van der Waals surface area contributed by atoms with E-state index in [1.54, 1.807) is 29.8 Å². The third kappa shape index (κ3) is 3.08. The monoisotopic (exact) mass is 399 g/mol. The summed E-state index contributed by atoms with van der Waals surface area (Å²) in [5, 5.41) is 0. The van der Waals surface area contributed by atoms with Crippen molar-refractivity contribution in [1.29, 1.82) is 0 Å². The number of nitrogens with zero attached hydrogens (tertiary/aromatic N) is 1. The van der Waals surface area contributed by atoms with E-state index >= 15 is 0 Å². The summed E-state index contributed by atoms with van der Waals surface area (Å²) in [7, 11) is -1.56. The van der Waals surface area contributed by atoms with Crippen LogP contribution in [-0.2, 0) is 29.7 Å². The molecule has 2 aromatic rings. The van der Waals surface area contributed by atoms with E-state index in [1.807, 2.05) is 6.20 Å². The summed E-state index contributed by atoms with van der Waals surface area (Å²) in [5.74, 6) is 1.31. The molecule has 1 aromatic heterocycles. The molecule has 0 N–H and O–H groups in total. The molecule has 2 fully saturated rings. The van der Waals surface area contributed by atoms with Crippen molar-refractivity contribution in [2.75, 3.05) is 12.9 Å². The van der Waals surface area contributed by atoms with Crippen LogP contribution in [0.1, 0.15) is 36.8 Å². The van der Waals surface area contributed by atoms with Crippen molar-refractivity contribution < 1.29 is 13.2 Å². The molecule has 0 bridgehead atoms. The number of aryl methyl sites for hydroxylation is 1. The first-order valence-electron chi connectivity index (χ1n) is 9.94. The Bertz CT molecular complexity index is 1140. The lowest BCUT2D eigenvalue weighted by atomic mass is 9.97. The van der Waals surface area contributed by atoms with Gasteiger partial charge >= 0.3 is 0 Å². The van der Waals surface area contributed by atoms with Gasteiger partial charge in [-0.25, -0.2) is 8.42 Å². The maximum Gasteiger partial charge on any atom is 0.253 e. The Hall–Kier alpha value is -2.08. The Labute approximate surface area is 165 Å². The second-order valence-electron chi connectivity index (χ2n) is 8.95. The number of fused-ring (bicyclic) bond motifs is 1. The van der Waals surface area contributed by atoms with Crippen LogP contribution >= 0.6 is 0 Å². The molecule has 1 heterocycles. The zero-order chi connectivity index (χ0) is 19.7. The van der Waals surface area contributed by atoms with Crippen molar-refractivity contribution in [3.63, 3.8) is 0 Å². The number of sulfone groups is 1. The molecule has 2 saturated carbocycles. The molecule has 6 heteroatoms. The third-order valence-corrected chi connectivity index (χ3v) is 7.60. The van der Waals surface area contributed by atoms with E-state index in [4.69, 9.17) is 4.74 Å². The lowest BCUT2D eigenvalue weighted by Gasteiger charge is -2.17. The van der Waals surface area contributed by atoms with E-state index < -0.39 is 9.84 Å². The van der Waals surface area contributed by atoms with E-state index in [1.165, 1.54) is 31.9 Å². The first-order chi connectivity index (χ1) is 13.3. The molecular formula is C22H25NO4S. The average molecular weight is 400 g/mol. The maximum absolute atomic E-state index is 12.7. The molecule has 0 atom stereocenters. The van der Waals surface area contributed by atoms with E-state index in [-0.39, 0.29) is 15.9 Å². The molecule has 3 aliphatic rings. The molecule has 28 heavy (non-hydrogen) atoms. The normalized spacial score (nSPS) is 19.6. The predicted octanol–water partition coefficient (Wildman–Crippen LogP) is 3.12. The Kier molecular flexibility index (Phi) is 3.83. The first kappa shape index (κ1) is 18.0. The molecule has 0 unspecified atom stereocenters. The van der Waals surface area contributed by atoms with E-state index in [2.05, 4.69) is 0 Å². The summed E-state index contributed by atoms with van der Waals surface area (Å²) in [4.78, 5) is 13.0. The number of pyridine rings is 1. The molecule has 0 saturated heterocycles. The lowest BCUT2D eigenvalue weighted by molar-refractivity contribution is 0.301. The van der Waals surface area contributed by atoms with Gasteiger partial charge in [0.1, 0.15) is 5.75 Å². The average Bonchev–Trinajstić information content (AvgIpc) is 3.55. The van der Waals surface area contributed by atoms with Gasteiger partial charge in [-0.15, -0.1) is 0 Å². The SMILES string of the molecule is Cn1cc(-c2cc(S(C)(=O)=O)ccc2OCC2CC2)c2c(c1=O)CC1(CC1)C2. The summed E-state index contributed by atoms with van der Waals surface area (Å²) >= 11 is 0. The Morgan fingerprint density at radius 1 is 1.14 bits per heavy atom. The number of benzene rings is 1. The van der Waals surface area contributed by atoms with E-state index in [0.717, 1.165) is 35.1 Å². The number of hydrogen-bond acceptors (Lipinski definition) is 4. The fourth-order valence-electron chi connectivity index (χ4n) is 4.36. The molecular weight excluding hydrogens is 374 g/mol. The van der Waals surface area contributed by atoms with Crippen LogP contribution < -0.4 is 10.3 Å². The predicted molar refractivity (Wildman–Crippen MR) is 108 cm³/mol. The van der Waals surface area contributed by atoms with Crippen molar-refractivity contribution >= 4 is 9.84 Å². The minimum atomic E-state index is -3.34. The Morgan fingerprint density at radius 3 is 2.50 bits per heavy atom. The van der Waals surface area contributed by atoms with Gasteiger partial charge in [-0.2, -0.15) is 0 Å². The molecule has 0 radical (unpaired) electrons. The van der Waals surface area contributed by atoms with E-state index in [9.17, 15) is 13.2 Å². The van der Waals surface area contributed by atoms with Crippen LogP contribution in [0.5, 0.6) is 5.75 Å². The molecule has 3 aliphatic carbocycles. The molecule has 0 aliphatic heterocycles. The number of aromatic nitrogens is 1. The van der Waals surface area contributed by atoms with Gasteiger partial charge in [0.25, 0.3) is 5.56 Å². The molecule has 5 nitrogen and oxygen atoms in total. The lowest BCUT2D eigenvalue weighted by Crippen LogP contribution is -2.21. The second-order valence-corrected chi connectivity index (χ2v) is 11.0. The molecule has 1 spiro atoms. The molecule has 5 rings (SSSR count). The summed E-state index contributed by atoms with van der Waals surface area (Å²) < 4.78 is 32.1. The van der Waals surface area contributed by atoms with Gasteiger partial charge in [0.2, 0.25) is 0 Å². The minimum absolute atomic E-state index is 0.0715. The zero-order valence-electron chi connectivity index (χ0n) is 16.3. The number of hydrogen-bond donors (Lipinski definition) is 0. The fourth-order valence-corrected chi connectivity index (χ4v) is 5.01. The summed E-state index contributed by atoms with van der Waals surface area (Å²) in [6.45, 7) is 0.656. The third-order valence-electron chi connectivity index (χ3n) is 6.49. The van der Waals surface area contributed by atoms with Gasteiger partial charge < -0.3 is 9.30 Å². The van der Waals surface area contributed by atoms with Crippen molar-refractivity contribution in [2.24, 2.45) is 18.4 Å². The van der Waals surface area contributed by atoms with E-state index in [0.29, 0.717) is 18.3 Å². The van der Waals surface area contributed by atoms with Gasteiger partial charge in [-0.1, -0.05) is 0 Å². The topological polar surface area (TPSA) is 65.4 Å². The van der Waals surface area contributed by atoms with Crippen LogP contribution in [0.15, 0.2) is 34.1 Å². The minimum Gasteiger partial charge on any atom is -0.493 e. The quantitative estimate of drug-likeness (QED) is 0.775. The Balaban J connectivity index is 1.68. The molecule has 1 aromatic carbocycles.